The second-order valence-electron chi connectivity index (χ2n) is 4.20. The fourth-order valence-corrected chi connectivity index (χ4v) is 2.22. The highest BCUT2D eigenvalue weighted by Crippen LogP contribution is 2.25. The van der Waals surface area contributed by atoms with Crippen molar-refractivity contribution < 1.29 is 0 Å². The van der Waals surface area contributed by atoms with Crippen LogP contribution in [-0.2, 0) is 12.8 Å². The van der Waals surface area contributed by atoms with Crippen molar-refractivity contribution in [2.45, 2.75) is 39.0 Å². The van der Waals surface area contributed by atoms with E-state index in [-0.39, 0.29) is 5.38 Å². The first kappa shape index (κ1) is 13.0. The van der Waals surface area contributed by atoms with Gasteiger partial charge in [-0.15, -0.1) is 16.7 Å². The van der Waals surface area contributed by atoms with E-state index in [2.05, 4.69) is 47.6 Å². The monoisotopic (exact) mass is 264 g/mol. The summed E-state index contributed by atoms with van der Waals surface area (Å²) in [4.78, 5) is 0. The summed E-state index contributed by atoms with van der Waals surface area (Å²) < 4.78 is 1.77. The maximum atomic E-state index is 6.13. The van der Waals surface area contributed by atoms with Gasteiger partial charge in [-0.1, -0.05) is 32.0 Å². The lowest BCUT2D eigenvalue weighted by atomic mass is 10.0. The molecule has 5 heteroatoms. The van der Waals surface area contributed by atoms with Crippen molar-refractivity contribution in [1.29, 1.82) is 0 Å². The van der Waals surface area contributed by atoms with Gasteiger partial charge in [0.25, 0.3) is 0 Å². The fraction of sp³-hybridized carbons (Fsp3) is 0.462. The topological polar surface area (TPSA) is 43.6 Å². The van der Waals surface area contributed by atoms with Gasteiger partial charge in [0.2, 0.25) is 0 Å². The molecule has 1 heterocycles. The predicted molar refractivity (Wildman–Crippen MR) is 72.2 cm³/mol. The van der Waals surface area contributed by atoms with Crippen LogP contribution in [0, 0.1) is 0 Å². The molecule has 0 aliphatic heterocycles. The summed E-state index contributed by atoms with van der Waals surface area (Å²) in [5.74, 6) is 0.687. The molecule has 96 valence electrons. The Bertz CT molecular complexity index is 511. The van der Waals surface area contributed by atoms with Gasteiger partial charge in [0.1, 0.15) is 0 Å². The smallest absolute Gasteiger partial charge is 0.174 e. The Balaban J connectivity index is 2.65. The summed E-state index contributed by atoms with van der Waals surface area (Å²) in [5, 5.41) is 11.6. The molecule has 0 saturated heterocycles. The Morgan fingerprint density at radius 1 is 1.22 bits per heavy atom. The third kappa shape index (κ3) is 2.25. The summed E-state index contributed by atoms with van der Waals surface area (Å²) in [7, 11) is 0. The average Bonchev–Trinajstić information content (AvgIpc) is 2.86. The van der Waals surface area contributed by atoms with Crippen LogP contribution in [0.2, 0.25) is 0 Å². The zero-order chi connectivity index (χ0) is 13.1. The van der Waals surface area contributed by atoms with Crippen molar-refractivity contribution in [1.82, 2.24) is 20.2 Å². The summed E-state index contributed by atoms with van der Waals surface area (Å²) >= 11 is 6.13. The maximum Gasteiger partial charge on any atom is 0.174 e. The molecule has 2 aromatic rings. The van der Waals surface area contributed by atoms with E-state index in [1.54, 1.807) is 4.68 Å². The van der Waals surface area contributed by atoms with Gasteiger partial charge in [-0.2, -0.15) is 4.68 Å². The highest BCUT2D eigenvalue weighted by atomic mass is 35.5. The Morgan fingerprint density at radius 2 is 1.83 bits per heavy atom. The Morgan fingerprint density at radius 3 is 2.33 bits per heavy atom. The second-order valence-corrected chi connectivity index (χ2v) is 4.85. The van der Waals surface area contributed by atoms with Gasteiger partial charge in [-0.05, 0) is 41.3 Å². The zero-order valence-corrected chi connectivity index (χ0v) is 11.6. The molecule has 1 atom stereocenters. The third-order valence-corrected chi connectivity index (χ3v) is 3.22. The molecule has 0 aliphatic rings. The number of alkyl halides is 1. The van der Waals surface area contributed by atoms with E-state index < -0.39 is 0 Å². The van der Waals surface area contributed by atoms with Gasteiger partial charge in [0.05, 0.1) is 11.1 Å². The Kier molecular flexibility index (Phi) is 3.97. The first-order valence-corrected chi connectivity index (χ1v) is 6.66. The molecule has 0 radical (unpaired) electrons. The van der Waals surface area contributed by atoms with Crippen LogP contribution in [0.25, 0.3) is 5.69 Å². The van der Waals surface area contributed by atoms with Crippen LogP contribution in [0.3, 0.4) is 0 Å². The van der Waals surface area contributed by atoms with Gasteiger partial charge in [0, 0.05) is 0 Å². The van der Waals surface area contributed by atoms with Crippen LogP contribution in [0.4, 0.5) is 0 Å². The SMILES string of the molecule is CCc1cccc(CC)c1-n1nnnc1C(C)Cl. The molecule has 0 saturated carbocycles. The van der Waals surface area contributed by atoms with E-state index in [1.165, 1.54) is 11.1 Å². The number of aromatic nitrogens is 4. The highest BCUT2D eigenvalue weighted by Gasteiger charge is 2.17. The molecule has 4 nitrogen and oxygen atoms in total. The summed E-state index contributed by atoms with van der Waals surface area (Å²) in [5.41, 5.74) is 3.55. The molecule has 0 fully saturated rings. The van der Waals surface area contributed by atoms with E-state index >= 15 is 0 Å². The summed E-state index contributed by atoms with van der Waals surface area (Å²) in [6, 6.07) is 6.30. The molecule has 0 bridgehead atoms. The molecule has 0 spiro atoms. The van der Waals surface area contributed by atoms with Gasteiger partial charge >= 0.3 is 0 Å². The number of aryl methyl sites for hydroxylation is 2. The molecule has 0 aliphatic carbocycles. The first-order valence-electron chi connectivity index (χ1n) is 6.22. The molecule has 1 aromatic carbocycles. The molecular weight excluding hydrogens is 248 g/mol. The first-order chi connectivity index (χ1) is 8.69. The quantitative estimate of drug-likeness (QED) is 0.797. The minimum Gasteiger partial charge on any atom is -0.195 e. The third-order valence-electron chi connectivity index (χ3n) is 3.03. The normalized spacial score (nSPS) is 12.7. The number of hydrogen-bond donors (Lipinski definition) is 0. The predicted octanol–water partition coefficient (Wildman–Crippen LogP) is 3.09. The van der Waals surface area contributed by atoms with Crippen LogP contribution in [-0.4, -0.2) is 20.2 Å². The van der Waals surface area contributed by atoms with Gasteiger partial charge in [-0.25, -0.2) is 0 Å². The zero-order valence-electron chi connectivity index (χ0n) is 10.9. The summed E-state index contributed by atoms with van der Waals surface area (Å²) in [6.45, 7) is 6.14. The van der Waals surface area contributed by atoms with Crippen LogP contribution < -0.4 is 0 Å². The molecular formula is C13H17ClN4. The van der Waals surface area contributed by atoms with E-state index in [0.717, 1.165) is 18.5 Å². The van der Waals surface area contributed by atoms with Crippen molar-refractivity contribution >= 4 is 11.6 Å². The van der Waals surface area contributed by atoms with Crippen molar-refractivity contribution in [3.8, 4) is 5.69 Å². The van der Waals surface area contributed by atoms with E-state index in [4.69, 9.17) is 11.6 Å². The molecule has 1 aromatic heterocycles. The van der Waals surface area contributed by atoms with Crippen molar-refractivity contribution in [2.75, 3.05) is 0 Å². The molecule has 18 heavy (non-hydrogen) atoms. The van der Waals surface area contributed by atoms with Crippen LogP contribution in [0.5, 0.6) is 0 Å². The van der Waals surface area contributed by atoms with E-state index in [0.29, 0.717) is 5.82 Å². The largest absolute Gasteiger partial charge is 0.195 e. The minimum atomic E-state index is -0.213. The minimum absolute atomic E-state index is 0.213. The van der Waals surface area contributed by atoms with Crippen LogP contribution in [0.15, 0.2) is 18.2 Å². The summed E-state index contributed by atoms with van der Waals surface area (Å²) in [6.07, 6.45) is 1.89. The molecule has 0 N–H and O–H groups in total. The van der Waals surface area contributed by atoms with Crippen LogP contribution >= 0.6 is 11.6 Å². The van der Waals surface area contributed by atoms with Crippen LogP contribution in [0.1, 0.15) is 43.1 Å². The standard InChI is InChI=1S/C13H17ClN4/c1-4-10-7-6-8-11(5-2)12(10)18-13(9(3)14)15-16-17-18/h6-9H,4-5H2,1-3H3. The van der Waals surface area contributed by atoms with E-state index in [1.807, 2.05) is 6.92 Å². The van der Waals surface area contributed by atoms with Gasteiger partial charge < -0.3 is 0 Å². The number of benzene rings is 1. The van der Waals surface area contributed by atoms with Crippen molar-refractivity contribution in [2.24, 2.45) is 0 Å². The molecule has 0 amide bonds. The lowest BCUT2D eigenvalue weighted by Gasteiger charge is -2.14. The number of nitrogens with zero attached hydrogens (tertiary/aromatic N) is 4. The number of para-hydroxylation sites is 1. The van der Waals surface area contributed by atoms with Crippen molar-refractivity contribution in [3.63, 3.8) is 0 Å². The Hall–Kier alpha value is -1.42. The van der Waals surface area contributed by atoms with Crippen molar-refractivity contribution in [3.05, 3.63) is 35.2 Å². The fourth-order valence-electron chi connectivity index (χ4n) is 2.09. The maximum absolute atomic E-state index is 6.13. The average molecular weight is 265 g/mol. The molecule has 1 unspecified atom stereocenters. The Labute approximate surface area is 112 Å². The molecule has 2 rings (SSSR count). The number of tetrazole rings is 1. The number of hydrogen-bond acceptors (Lipinski definition) is 3. The van der Waals surface area contributed by atoms with E-state index in [9.17, 15) is 0 Å². The lowest BCUT2D eigenvalue weighted by molar-refractivity contribution is 0.744. The number of rotatable bonds is 4. The number of halogens is 1. The van der Waals surface area contributed by atoms with Gasteiger partial charge in [-0.3, -0.25) is 0 Å². The highest BCUT2D eigenvalue weighted by molar-refractivity contribution is 6.20. The lowest BCUT2D eigenvalue weighted by Crippen LogP contribution is -2.09. The second kappa shape index (κ2) is 5.48. The van der Waals surface area contributed by atoms with Gasteiger partial charge in [0.15, 0.2) is 5.82 Å².